The first-order chi connectivity index (χ1) is 13.9. The summed E-state index contributed by atoms with van der Waals surface area (Å²) in [6, 6.07) is 10.5. The first-order valence-corrected chi connectivity index (χ1v) is 9.36. The SMILES string of the molecule is CCOC(=O)c1ccccc1Nc1ncnc(Oc2cc(C)c(Cl)c(C)c2)c1N. The summed E-state index contributed by atoms with van der Waals surface area (Å²) in [5.41, 5.74) is 9.08. The molecule has 0 spiro atoms. The molecule has 8 heteroatoms. The van der Waals surface area contributed by atoms with Crippen LogP contribution in [-0.4, -0.2) is 22.5 Å². The van der Waals surface area contributed by atoms with Crippen LogP contribution in [0.25, 0.3) is 0 Å². The van der Waals surface area contributed by atoms with Gasteiger partial charge in [-0.1, -0.05) is 23.7 Å². The Labute approximate surface area is 173 Å². The monoisotopic (exact) mass is 412 g/mol. The number of nitrogen functional groups attached to an aromatic ring is 1. The first-order valence-electron chi connectivity index (χ1n) is 8.99. The molecule has 0 atom stereocenters. The Bertz CT molecular complexity index is 1030. The van der Waals surface area contributed by atoms with Gasteiger partial charge in [0, 0.05) is 5.02 Å². The number of esters is 1. The molecule has 1 aromatic heterocycles. The maximum Gasteiger partial charge on any atom is 0.340 e. The second-order valence-electron chi connectivity index (χ2n) is 6.31. The highest BCUT2D eigenvalue weighted by Gasteiger charge is 2.16. The number of carbonyl (C=O) groups excluding carboxylic acids is 1. The van der Waals surface area contributed by atoms with Gasteiger partial charge in [-0.15, -0.1) is 0 Å². The van der Waals surface area contributed by atoms with Gasteiger partial charge < -0.3 is 20.5 Å². The number of nitrogens with two attached hydrogens (primary N) is 1. The number of hydrogen-bond acceptors (Lipinski definition) is 7. The zero-order chi connectivity index (χ0) is 21.0. The quantitative estimate of drug-likeness (QED) is 0.547. The molecule has 2 aromatic carbocycles. The summed E-state index contributed by atoms with van der Waals surface area (Å²) in [7, 11) is 0. The number of nitrogens with one attached hydrogen (secondary N) is 1. The van der Waals surface area contributed by atoms with Gasteiger partial charge in [0.1, 0.15) is 17.8 Å². The zero-order valence-electron chi connectivity index (χ0n) is 16.3. The molecule has 0 aliphatic heterocycles. The molecule has 0 saturated carbocycles. The highest BCUT2D eigenvalue weighted by Crippen LogP contribution is 2.34. The van der Waals surface area contributed by atoms with Gasteiger partial charge in [0.25, 0.3) is 0 Å². The van der Waals surface area contributed by atoms with E-state index in [1.807, 2.05) is 13.8 Å². The van der Waals surface area contributed by atoms with Crippen LogP contribution in [0.5, 0.6) is 11.6 Å². The number of para-hydroxylation sites is 1. The van der Waals surface area contributed by atoms with Crippen LogP contribution in [0.4, 0.5) is 17.2 Å². The lowest BCUT2D eigenvalue weighted by Crippen LogP contribution is -2.09. The minimum absolute atomic E-state index is 0.192. The van der Waals surface area contributed by atoms with Gasteiger partial charge in [-0.05, 0) is 56.2 Å². The van der Waals surface area contributed by atoms with E-state index >= 15 is 0 Å². The lowest BCUT2D eigenvalue weighted by atomic mass is 10.1. The van der Waals surface area contributed by atoms with Crippen molar-refractivity contribution in [3.8, 4) is 11.6 Å². The molecule has 3 aromatic rings. The third-order valence-electron chi connectivity index (χ3n) is 4.15. The summed E-state index contributed by atoms with van der Waals surface area (Å²) in [4.78, 5) is 20.5. The van der Waals surface area contributed by atoms with Crippen molar-refractivity contribution in [2.24, 2.45) is 0 Å². The molecule has 1 heterocycles. The minimum atomic E-state index is -0.438. The number of nitrogens with zero attached hydrogens (tertiary/aromatic N) is 2. The molecule has 0 aliphatic carbocycles. The Balaban J connectivity index is 1.90. The maximum absolute atomic E-state index is 12.2. The fourth-order valence-electron chi connectivity index (χ4n) is 2.74. The predicted molar refractivity (Wildman–Crippen MR) is 113 cm³/mol. The topological polar surface area (TPSA) is 99.4 Å². The second-order valence-corrected chi connectivity index (χ2v) is 6.68. The lowest BCUT2D eigenvalue weighted by molar-refractivity contribution is 0.0527. The van der Waals surface area contributed by atoms with E-state index in [1.165, 1.54) is 6.33 Å². The van der Waals surface area contributed by atoms with E-state index in [-0.39, 0.29) is 18.2 Å². The summed E-state index contributed by atoms with van der Waals surface area (Å²) < 4.78 is 10.9. The molecule has 0 fully saturated rings. The van der Waals surface area contributed by atoms with Gasteiger partial charge in [-0.25, -0.2) is 9.78 Å². The van der Waals surface area contributed by atoms with Crippen molar-refractivity contribution in [2.45, 2.75) is 20.8 Å². The van der Waals surface area contributed by atoms with Gasteiger partial charge in [-0.2, -0.15) is 4.98 Å². The molecule has 0 saturated heterocycles. The smallest absolute Gasteiger partial charge is 0.340 e. The summed E-state index contributed by atoms with van der Waals surface area (Å²) >= 11 is 6.21. The number of halogens is 1. The number of hydrogen-bond donors (Lipinski definition) is 2. The van der Waals surface area contributed by atoms with Crippen LogP contribution in [-0.2, 0) is 4.74 Å². The third-order valence-corrected chi connectivity index (χ3v) is 4.74. The fourth-order valence-corrected chi connectivity index (χ4v) is 2.85. The Morgan fingerprint density at radius 3 is 2.55 bits per heavy atom. The van der Waals surface area contributed by atoms with Gasteiger partial charge in [-0.3, -0.25) is 0 Å². The maximum atomic E-state index is 12.2. The molecule has 29 heavy (non-hydrogen) atoms. The Kier molecular flexibility index (Phi) is 6.19. The van der Waals surface area contributed by atoms with E-state index in [0.29, 0.717) is 27.8 Å². The van der Waals surface area contributed by atoms with E-state index in [1.54, 1.807) is 43.3 Å². The summed E-state index contributed by atoms with van der Waals surface area (Å²) in [5, 5.41) is 3.75. The van der Waals surface area contributed by atoms with E-state index < -0.39 is 5.97 Å². The second kappa shape index (κ2) is 8.79. The molecular formula is C21H21ClN4O3. The van der Waals surface area contributed by atoms with Crippen molar-refractivity contribution in [1.29, 1.82) is 0 Å². The molecule has 0 bridgehead atoms. The number of rotatable bonds is 6. The van der Waals surface area contributed by atoms with Crippen molar-refractivity contribution in [2.75, 3.05) is 17.7 Å². The van der Waals surface area contributed by atoms with E-state index in [9.17, 15) is 4.79 Å². The highest BCUT2D eigenvalue weighted by molar-refractivity contribution is 6.32. The number of aromatic nitrogens is 2. The van der Waals surface area contributed by atoms with Gasteiger partial charge in [0.2, 0.25) is 5.88 Å². The van der Waals surface area contributed by atoms with Crippen LogP contribution in [0.2, 0.25) is 5.02 Å². The van der Waals surface area contributed by atoms with Gasteiger partial charge in [0.15, 0.2) is 5.82 Å². The van der Waals surface area contributed by atoms with Crippen LogP contribution in [0.1, 0.15) is 28.4 Å². The minimum Gasteiger partial charge on any atom is -0.462 e. The van der Waals surface area contributed by atoms with Crippen LogP contribution in [0.3, 0.4) is 0 Å². The van der Waals surface area contributed by atoms with Crippen molar-refractivity contribution in [1.82, 2.24) is 9.97 Å². The molecule has 3 N–H and O–H groups in total. The number of aryl methyl sites for hydroxylation is 2. The zero-order valence-corrected chi connectivity index (χ0v) is 17.1. The number of ether oxygens (including phenoxy) is 2. The molecule has 150 valence electrons. The number of benzene rings is 2. The Hall–Kier alpha value is -3.32. The lowest BCUT2D eigenvalue weighted by Gasteiger charge is -2.14. The van der Waals surface area contributed by atoms with Crippen molar-refractivity contribution in [3.05, 3.63) is 64.4 Å². The van der Waals surface area contributed by atoms with E-state index in [4.69, 9.17) is 26.8 Å². The van der Waals surface area contributed by atoms with Crippen molar-refractivity contribution in [3.63, 3.8) is 0 Å². The van der Waals surface area contributed by atoms with Gasteiger partial charge >= 0.3 is 5.97 Å². The highest BCUT2D eigenvalue weighted by atomic mass is 35.5. The third kappa shape index (κ3) is 4.57. The van der Waals surface area contributed by atoms with Crippen LogP contribution in [0, 0.1) is 13.8 Å². The summed E-state index contributed by atoms with van der Waals surface area (Å²) in [6.45, 7) is 5.82. The Morgan fingerprint density at radius 1 is 1.17 bits per heavy atom. The molecule has 0 radical (unpaired) electrons. The average Bonchev–Trinajstić information content (AvgIpc) is 2.69. The summed E-state index contributed by atoms with van der Waals surface area (Å²) in [6.07, 6.45) is 1.33. The van der Waals surface area contributed by atoms with Crippen LogP contribution >= 0.6 is 11.6 Å². The molecule has 0 amide bonds. The predicted octanol–water partition coefficient (Wildman–Crippen LogP) is 5.04. The van der Waals surface area contributed by atoms with Crippen LogP contribution in [0.15, 0.2) is 42.7 Å². The van der Waals surface area contributed by atoms with Gasteiger partial charge in [0.05, 0.1) is 17.9 Å². The number of carbonyl (C=O) groups is 1. The van der Waals surface area contributed by atoms with E-state index in [2.05, 4.69) is 15.3 Å². The van der Waals surface area contributed by atoms with Crippen LogP contribution < -0.4 is 15.8 Å². The molecule has 0 unspecified atom stereocenters. The van der Waals surface area contributed by atoms with E-state index in [0.717, 1.165) is 11.1 Å². The molecule has 0 aliphatic rings. The van der Waals surface area contributed by atoms with Crippen molar-refractivity contribution < 1.29 is 14.3 Å². The first kappa shape index (κ1) is 20.4. The number of anilines is 3. The molecule has 3 rings (SSSR count). The Morgan fingerprint density at radius 2 is 1.86 bits per heavy atom. The fraction of sp³-hybridized carbons (Fsp3) is 0.190. The van der Waals surface area contributed by atoms with Crippen molar-refractivity contribution >= 4 is 34.8 Å². The summed E-state index contributed by atoms with van der Waals surface area (Å²) in [5.74, 6) is 0.630. The average molecular weight is 413 g/mol. The molecule has 7 nitrogen and oxygen atoms in total. The normalized spacial score (nSPS) is 10.5. The largest absolute Gasteiger partial charge is 0.462 e. The molecular weight excluding hydrogens is 392 g/mol. The standard InChI is InChI=1S/C21H21ClN4O3/c1-4-28-21(27)15-7-5-6-8-16(15)26-19-18(23)20(25-11-24-19)29-14-9-12(2)17(22)13(3)10-14/h5-11H,4,23H2,1-3H3,(H,24,25,26).